The van der Waals surface area contributed by atoms with E-state index in [1.54, 1.807) is 0 Å². The smallest absolute Gasteiger partial charge is 0.144 e. The number of benzene rings is 7. The average Bonchev–Trinajstić information content (AvgIpc) is 3.93. The summed E-state index contributed by atoms with van der Waals surface area (Å²) < 4.78 is 4.23. The quantitative estimate of drug-likeness (QED) is 0.158. The maximum atomic E-state index is 6.91. The molecule has 0 saturated carbocycles. The van der Waals surface area contributed by atoms with Crippen molar-refractivity contribution in [2.75, 3.05) is 0 Å². The molecule has 252 valence electrons. The summed E-state index contributed by atoms with van der Waals surface area (Å²) in [5.74, 6) is 1.81. The van der Waals surface area contributed by atoms with Crippen LogP contribution in [0.1, 0.15) is 0 Å². The van der Waals surface area contributed by atoms with Crippen LogP contribution in [0.2, 0.25) is 5.02 Å². The van der Waals surface area contributed by atoms with Gasteiger partial charge in [0.25, 0.3) is 0 Å². The van der Waals surface area contributed by atoms with E-state index in [4.69, 9.17) is 11.6 Å². The Balaban J connectivity index is 1.04. The van der Waals surface area contributed by atoms with Gasteiger partial charge in [-0.15, -0.1) is 0 Å². The van der Waals surface area contributed by atoms with Crippen molar-refractivity contribution >= 4 is 11.6 Å². The van der Waals surface area contributed by atoms with Gasteiger partial charge in [-0.1, -0.05) is 145 Å². The number of aromatic nitrogens is 4. The van der Waals surface area contributed by atoms with Crippen LogP contribution in [0.25, 0.3) is 78.7 Å². The number of halogens is 1. The Morgan fingerprint density at radius 3 is 1.08 bits per heavy atom. The zero-order valence-corrected chi connectivity index (χ0v) is 29.5. The molecule has 0 radical (unpaired) electrons. The second-order valence-corrected chi connectivity index (χ2v) is 13.3. The third-order valence-electron chi connectivity index (χ3n) is 9.63. The topological polar surface area (TPSA) is 35.6 Å². The molecule has 7 aromatic carbocycles. The lowest BCUT2D eigenvalue weighted by molar-refractivity contribution is 1.07. The number of nitrogens with zero attached hydrogens (tertiary/aromatic N) is 4. The minimum Gasteiger partial charge on any atom is -0.300 e. The van der Waals surface area contributed by atoms with Crippen molar-refractivity contribution in [2.45, 2.75) is 0 Å². The van der Waals surface area contributed by atoms with Crippen molar-refractivity contribution in [3.8, 4) is 78.7 Å². The number of para-hydroxylation sites is 2. The second-order valence-electron chi connectivity index (χ2n) is 12.9. The van der Waals surface area contributed by atoms with Gasteiger partial charge < -0.3 is 0 Å². The van der Waals surface area contributed by atoms with Crippen molar-refractivity contribution < 1.29 is 0 Å². The van der Waals surface area contributed by atoms with Gasteiger partial charge >= 0.3 is 0 Å². The first kappa shape index (κ1) is 32.2. The molecule has 0 aliphatic carbocycles. The Morgan fingerprint density at radius 2 is 0.679 bits per heavy atom. The molecule has 0 bridgehead atoms. The maximum Gasteiger partial charge on any atom is 0.144 e. The first-order valence-corrected chi connectivity index (χ1v) is 18.0. The Hall–Kier alpha value is -6.75. The van der Waals surface area contributed by atoms with Crippen molar-refractivity contribution in [3.63, 3.8) is 0 Å². The van der Waals surface area contributed by atoms with Crippen LogP contribution >= 0.6 is 11.6 Å². The molecule has 0 saturated heterocycles. The molecule has 0 aliphatic rings. The van der Waals surface area contributed by atoms with Crippen molar-refractivity contribution in [2.24, 2.45) is 0 Å². The summed E-state index contributed by atoms with van der Waals surface area (Å²) in [6.45, 7) is 0. The van der Waals surface area contributed by atoms with Crippen LogP contribution in [-0.2, 0) is 0 Å². The summed E-state index contributed by atoms with van der Waals surface area (Å²) in [6.07, 6.45) is 7.69. The van der Waals surface area contributed by atoms with E-state index in [2.05, 4.69) is 159 Å². The van der Waals surface area contributed by atoms with Crippen molar-refractivity contribution in [3.05, 3.63) is 206 Å². The van der Waals surface area contributed by atoms with Crippen molar-refractivity contribution in [1.82, 2.24) is 19.1 Å². The van der Waals surface area contributed by atoms with E-state index >= 15 is 0 Å². The first-order chi connectivity index (χ1) is 26.2. The van der Waals surface area contributed by atoms with E-state index in [1.807, 2.05) is 61.2 Å². The highest BCUT2D eigenvalue weighted by Gasteiger charge is 2.15. The van der Waals surface area contributed by atoms with E-state index in [-0.39, 0.29) is 0 Å². The molecule has 0 fully saturated rings. The molecule has 0 aliphatic heterocycles. The largest absolute Gasteiger partial charge is 0.300 e. The normalized spacial score (nSPS) is 11.1. The zero-order valence-electron chi connectivity index (χ0n) is 28.7. The van der Waals surface area contributed by atoms with Gasteiger partial charge in [-0.2, -0.15) is 0 Å². The van der Waals surface area contributed by atoms with Gasteiger partial charge in [-0.05, 0) is 87.0 Å². The molecule has 0 N–H and O–H groups in total. The number of hydrogen-bond acceptors (Lipinski definition) is 2. The van der Waals surface area contributed by atoms with Crippen LogP contribution < -0.4 is 0 Å². The predicted octanol–water partition coefficient (Wildman–Crippen LogP) is 12.7. The third kappa shape index (κ3) is 6.37. The van der Waals surface area contributed by atoms with Crippen LogP contribution in [-0.4, -0.2) is 19.1 Å². The highest BCUT2D eigenvalue weighted by atomic mass is 35.5. The highest BCUT2D eigenvalue weighted by molar-refractivity contribution is 6.31. The van der Waals surface area contributed by atoms with Gasteiger partial charge in [0.05, 0.1) is 0 Å². The van der Waals surface area contributed by atoms with Gasteiger partial charge in [0.2, 0.25) is 0 Å². The number of rotatable bonds is 8. The van der Waals surface area contributed by atoms with Gasteiger partial charge in [-0.25, -0.2) is 9.97 Å². The Labute approximate surface area is 313 Å². The molecule has 2 aromatic heterocycles. The maximum absolute atomic E-state index is 6.91. The molecule has 2 heterocycles. The molecule has 0 unspecified atom stereocenters. The van der Waals surface area contributed by atoms with Gasteiger partial charge in [0, 0.05) is 52.3 Å². The minimum absolute atomic E-state index is 0.688. The predicted molar refractivity (Wildman–Crippen MR) is 218 cm³/mol. The SMILES string of the molecule is Clc1cc(-c2ccccc2-c2ccc(-c3nccn3-c3ccccc3)cc2)cc(-c2ccccc2-c2ccc(-c3nccn3-c3ccccc3)cc2)c1. The fraction of sp³-hybridized carbons (Fsp3) is 0. The summed E-state index contributed by atoms with van der Waals surface area (Å²) in [5.41, 5.74) is 13.1. The summed E-state index contributed by atoms with van der Waals surface area (Å²) in [4.78, 5) is 9.37. The summed E-state index contributed by atoms with van der Waals surface area (Å²) in [5, 5.41) is 0.688. The van der Waals surface area contributed by atoms with Gasteiger partial charge in [-0.3, -0.25) is 9.13 Å². The number of hydrogen-bond donors (Lipinski definition) is 0. The Morgan fingerprint density at radius 1 is 0.340 bits per heavy atom. The average molecular weight is 701 g/mol. The first-order valence-electron chi connectivity index (χ1n) is 17.6. The molecular formula is C48H33ClN4. The zero-order chi connectivity index (χ0) is 35.6. The second kappa shape index (κ2) is 14.1. The highest BCUT2D eigenvalue weighted by Crippen LogP contribution is 2.40. The summed E-state index contributed by atoms with van der Waals surface area (Å²) in [7, 11) is 0. The molecule has 0 amide bonds. The minimum atomic E-state index is 0.688. The van der Waals surface area contributed by atoms with E-state index in [0.29, 0.717) is 5.02 Å². The molecule has 53 heavy (non-hydrogen) atoms. The molecular weight excluding hydrogens is 668 g/mol. The molecule has 4 nitrogen and oxygen atoms in total. The lowest BCUT2D eigenvalue weighted by atomic mass is 9.90. The summed E-state index contributed by atoms with van der Waals surface area (Å²) >= 11 is 6.91. The van der Waals surface area contributed by atoms with Crippen molar-refractivity contribution in [1.29, 1.82) is 0 Å². The molecule has 0 atom stereocenters. The standard InChI is InChI=1S/C48H33ClN4/c49-40-32-38(45-17-9-7-15-43(45)34-19-23-36(24-20-34)47-50-27-29-52(47)41-11-3-1-4-12-41)31-39(33-40)46-18-10-8-16-44(46)35-21-25-37(26-22-35)48-51-28-30-53(48)42-13-5-2-6-14-42/h1-33H. The van der Waals surface area contributed by atoms with E-state index in [9.17, 15) is 0 Å². The fourth-order valence-corrected chi connectivity index (χ4v) is 7.33. The van der Waals surface area contributed by atoms with E-state index in [0.717, 1.165) is 78.7 Å². The van der Waals surface area contributed by atoms with Gasteiger partial charge in [0.1, 0.15) is 11.6 Å². The van der Waals surface area contributed by atoms with Gasteiger partial charge in [0.15, 0.2) is 0 Å². The van der Waals surface area contributed by atoms with Crippen LogP contribution in [0.3, 0.4) is 0 Å². The Bertz CT molecular complexity index is 2470. The lowest BCUT2D eigenvalue weighted by Gasteiger charge is -2.15. The molecule has 9 aromatic rings. The molecule has 5 heteroatoms. The van der Waals surface area contributed by atoms with E-state index in [1.165, 1.54) is 0 Å². The Kier molecular flexibility index (Phi) is 8.56. The summed E-state index contributed by atoms with van der Waals surface area (Å²) in [6, 6.07) is 61.3. The number of imidazole rings is 2. The third-order valence-corrected chi connectivity index (χ3v) is 9.85. The van der Waals surface area contributed by atoms with Crippen LogP contribution in [0.4, 0.5) is 0 Å². The van der Waals surface area contributed by atoms with E-state index < -0.39 is 0 Å². The fourth-order valence-electron chi connectivity index (χ4n) is 7.10. The molecule has 0 spiro atoms. The van der Waals surface area contributed by atoms with Crippen LogP contribution in [0, 0.1) is 0 Å². The lowest BCUT2D eigenvalue weighted by Crippen LogP contribution is -1.96. The molecule has 9 rings (SSSR count). The van der Waals surface area contributed by atoms with Crippen LogP contribution in [0.15, 0.2) is 201 Å². The van der Waals surface area contributed by atoms with Crippen LogP contribution in [0.5, 0.6) is 0 Å². The monoisotopic (exact) mass is 700 g/mol.